The Balaban J connectivity index is 2.69. The Morgan fingerprint density at radius 2 is 1.71 bits per heavy atom. The van der Waals surface area contributed by atoms with Crippen LogP contribution in [-0.4, -0.2) is 5.11 Å². The molecule has 0 aliphatic heterocycles. The molecule has 3 nitrogen and oxygen atoms in total. The Kier molecular flexibility index (Phi) is 1.70. The van der Waals surface area contributed by atoms with Gasteiger partial charge in [0.1, 0.15) is 5.82 Å². The summed E-state index contributed by atoms with van der Waals surface area (Å²) in [6.45, 7) is 0. The van der Waals surface area contributed by atoms with Crippen LogP contribution in [0.3, 0.4) is 0 Å². The fourth-order valence-corrected chi connectivity index (χ4v) is 1.29. The highest BCUT2D eigenvalue weighted by molar-refractivity contribution is 5.73. The molecule has 0 spiro atoms. The first-order valence-electron chi connectivity index (χ1n) is 3.90. The first-order chi connectivity index (χ1) is 6.63. The number of rotatable bonds is 1. The predicted octanol–water partition coefficient (Wildman–Crippen LogP) is 0.794. The molecule has 0 unspecified atom stereocenters. The first kappa shape index (κ1) is 8.62. The molecule has 0 saturated heterocycles. The zero-order chi connectivity index (χ0) is 10.3. The van der Waals surface area contributed by atoms with E-state index in [1.165, 1.54) is 18.2 Å². The van der Waals surface area contributed by atoms with Gasteiger partial charge in [0.15, 0.2) is 5.75 Å². The number of hydrogen-bond acceptors (Lipinski definition) is 3. The van der Waals surface area contributed by atoms with E-state index in [0.29, 0.717) is 0 Å². The van der Waals surface area contributed by atoms with Crippen LogP contribution in [0.25, 0.3) is 11.1 Å². The molecule has 0 fully saturated rings. The molecule has 70 valence electrons. The quantitative estimate of drug-likeness (QED) is 0.680. The number of aromatic hydroxyl groups is 1. The van der Waals surface area contributed by atoms with Crippen LogP contribution in [0.5, 0.6) is 5.75 Å². The van der Waals surface area contributed by atoms with E-state index in [2.05, 4.69) is 0 Å². The highest BCUT2D eigenvalue weighted by Crippen LogP contribution is 2.26. The Morgan fingerprint density at radius 1 is 1.07 bits per heavy atom. The average Bonchev–Trinajstić information content (AvgIpc) is 2.21. The summed E-state index contributed by atoms with van der Waals surface area (Å²) < 4.78 is 13.1. The topological polar surface area (TPSA) is 54.4 Å². The van der Waals surface area contributed by atoms with Crippen molar-refractivity contribution in [1.82, 2.24) is 0 Å². The lowest BCUT2D eigenvalue weighted by atomic mass is 10.00. The minimum absolute atomic E-state index is 0.0328. The molecule has 0 aromatic heterocycles. The lowest BCUT2D eigenvalue weighted by Crippen LogP contribution is -2.32. The molecule has 0 aliphatic rings. The van der Waals surface area contributed by atoms with Gasteiger partial charge in [-0.25, -0.2) is 4.39 Å². The van der Waals surface area contributed by atoms with Crippen molar-refractivity contribution in [2.24, 2.45) is 0 Å². The normalized spacial score (nSPS) is 10.6. The maximum atomic E-state index is 13.1. The summed E-state index contributed by atoms with van der Waals surface area (Å²) in [4.78, 5) is 21.7. The number of benzene rings is 1. The number of halogens is 1. The molecule has 0 aliphatic carbocycles. The molecule has 0 atom stereocenters. The summed E-state index contributed by atoms with van der Waals surface area (Å²) in [6.07, 6.45) is 0. The third-order valence-corrected chi connectivity index (χ3v) is 2.03. The third-order valence-electron chi connectivity index (χ3n) is 2.03. The molecular formula is C10H5FO3. The van der Waals surface area contributed by atoms with Gasteiger partial charge in [0.25, 0.3) is 5.43 Å². The van der Waals surface area contributed by atoms with E-state index < -0.39 is 22.4 Å². The van der Waals surface area contributed by atoms with Crippen LogP contribution in [0.1, 0.15) is 0 Å². The van der Waals surface area contributed by atoms with Crippen LogP contribution in [0.4, 0.5) is 4.39 Å². The van der Waals surface area contributed by atoms with Gasteiger partial charge in [-0.2, -0.15) is 0 Å². The smallest absolute Gasteiger partial charge is 0.268 e. The molecule has 14 heavy (non-hydrogen) atoms. The monoisotopic (exact) mass is 192 g/mol. The van der Waals surface area contributed by atoms with Crippen LogP contribution in [0.2, 0.25) is 0 Å². The number of hydrogen-bond donors (Lipinski definition) is 1. The van der Waals surface area contributed by atoms with Gasteiger partial charge < -0.3 is 5.11 Å². The summed E-state index contributed by atoms with van der Waals surface area (Å²) in [6, 6.07) is 5.48. The Hall–Kier alpha value is -1.97. The molecule has 0 amide bonds. The van der Waals surface area contributed by atoms with Crippen molar-refractivity contribution in [3.63, 3.8) is 0 Å². The lowest BCUT2D eigenvalue weighted by Gasteiger charge is -2.05. The van der Waals surface area contributed by atoms with Gasteiger partial charge in [0, 0.05) is 5.56 Å². The summed E-state index contributed by atoms with van der Waals surface area (Å²) >= 11 is 0. The van der Waals surface area contributed by atoms with Crippen molar-refractivity contribution in [2.45, 2.75) is 0 Å². The fourth-order valence-electron chi connectivity index (χ4n) is 1.29. The highest BCUT2D eigenvalue weighted by Gasteiger charge is 2.23. The van der Waals surface area contributed by atoms with E-state index in [0.717, 1.165) is 6.07 Å². The van der Waals surface area contributed by atoms with Gasteiger partial charge >= 0.3 is 0 Å². The second-order valence-electron chi connectivity index (χ2n) is 2.86. The highest BCUT2D eigenvalue weighted by atomic mass is 19.1. The fraction of sp³-hybridized carbons (Fsp3) is 0. The van der Waals surface area contributed by atoms with E-state index in [1.54, 1.807) is 0 Å². The minimum Gasteiger partial charge on any atom is -0.503 e. The van der Waals surface area contributed by atoms with Gasteiger partial charge in [-0.05, 0) is 6.07 Å². The van der Waals surface area contributed by atoms with Gasteiger partial charge in [-0.15, -0.1) is 0 Å². The molecule has 0 bridgehead atoms. The lowest BCUT2D eigenvalue weighted by molar-refractivity contribution is 0.465. The molecule has 0 saturated carbocycles. The zero-order valence-electron chi connectivity index (χ0n) is 6.95. The molecule has 0 radical (unpaired) electrons. The van der Waals surface area contributed by atoms with Crippen LogP contribution in [0, 0.1) is 5.82 Å². The van der Waals surface area contributed by atoms with Crippen molar-refractivity contribution in [3.05, 3.63) is 50.5 Å². The molecular weight excluding hydrogens is 187 g/mol. The zero-order valence-corrected chi connectivity index (χ0v) is 6.95. The molecule has 0 heterocycles. The predicted molar refractivity (Wildman–Crippen MR) is 48.4 cm³/mol. The maximum Gasteiger partial charge on any atom is 0.268 e. The minimum atomic E-state index is -0.955. The third kappa shape index (κ3) is 0.970. The molecule has 1 N–H and O–H groups in total. The van der Waals surface area contributed by atoms with Gasteiger partial charge in [0.05, 0.1) is 5.56 Å². The summed E-state index contributed by atoms with van der Waals surface area (Å²) in [5.74, 6) is -1.28. The van der Waals surface area contributed by atoms with Crippen molar-refractivity contribution in [2.75, 3.05) is 0 Å². The molecule has 4 heteroatoms. The van der Waals surface area contributed by atoms with E-state index in [9.17, 15) is 14.0 Å². The summed E-state index contributed by atoms with van der Waals surface area (Å²) in [7, 11) is 0. The van der Waals surface area contributed by atoms with Crippen molar-refractivity contribution in [3.8, 4) is 16.9 Å². The van der Waals surface area contributed by atoms with Crippen LogP contribution in [-0.2, 0) is 0 Å². The maximum absolute atomic E-state index is 13.1. The molecule has 2 rings (SSSR count). The van der Waals surface area contributed by atoms with Gasteiger partial charge in [-0.1, -0.05) is 18.2 Å². The van der Waals surface area contributed by atoms with Crippen LogP contribution in [0.15, 0.2) is 33.9 Å². The van der Waals surface area contributed by atoms with E-state index in [1.807, 2.05) is 0 Å². The average molecular weight is 192 g/mol. The Bertz CT molecular complexity index is 565. The van der Waals surface area contributed by atoms with Crippen molar-refractivity contribution < 1.29 is 9.50 Å². The molecule has 2 aromatic carbocycles. The second kappa shape index (κ2) is 2.77. The van der Waals surface area contributed by atoms with Gasteiger partial charge in [-0.3, -0.25) is 9.59 Å². The largest absolute Gasteiger partial charge is 0.503 e. The van der Waals surface area contributed by atoms with Crippen molar-refractivity contribution in [1.29, 1.82) is 0 Å². The molecule has 2 aromatic rings. The first-order valence-corrected chi connectivity index (χ1v) is 3.90. The summed E-state index contributed by atoms with van der Waals surface area (Å²) in [5.41, 5.74) is -2.06. The standard InChI is InChI=1S/C10H5FO3/c11-6-4-2-1-3-5(6)7-8(12)10(14)9(7)13/h1-4,12H. The van der Waals surface area contributed by atoms with Gasteiger partial charge in [0.2, 0.25) is 5.43 Å². The SMILES string of the molecule is O=c1c(O)c(-c2ccccc2F)c1=O. The van der Waals surface area contributed by atoms with E-state index in [4.69, 9.17) is 5.11 Å². The summed E-state index contributed by atoms with van der Waals surface area (Å²) in [5, 5.41) is 9.07. The van der Waals surface area contributed by atoms with Crippen molar-refractivity contribution >= 4 is 0 Å². The van der Waals surface area contributed by atoms with E-state index >= 15 is 0 Å². The second-order valence-corrected chi connectivity index (χ2v) is 2.86. The Morgan fingerprint density at radius 3 is 2.29 bits per heavy atom. The van der Waals surface area contributed by atoms with E-state index in [-0.39, 0.29) is 11.1 Å². The van der Waals surface area contributed by atoms with Crippen LogP contribution < -0.4 is 10.9 Å². The van der Waals surface area contributed by atoms with Crippen LogP contribution >= 0.6 is 0 Å². The Labute approximate surface area is 77.8 Å².